The summed E-state index contributed by atoms with van der Waals surface area (Å²) >= 11 is 1.76. The quantitative estimate of drug-likeness (QED) is 0.614. The van der Waals surface area contributed by atoms with Crippen molar-refractivity contribution in [2.75, 3.05) is 5.75 Å². The van der Waals surface area contributed by atoms with Crippen molar-refractivity contribution in [3.8, 4) is 0 Å². The fourth-order valence-electron chi connectivity index (χ4n) is 3.11. The summed E-state index contributed by atoms with van der Waals surface area (Å²) in [6, 6.07) is 8.45. The maximum atomic E-state index is 12.6. The van der Waals surface area contributed by atoms with E-state index in [0.717, 1.165) is 17.7 Å². The Kier molecular flexibility index (Phi) is 5.92. The molecule has 1 saturated carbocycles. The zero-order valence-corrected chi connectivity index (χ0v) is 14.5. The molecule has 21 heavy (non-hydrogen) atoms. The Morgan fingerprint density at radius 2 is 1.76 bits per heavy atom. The number of hydrogen-bond donors (Lipinski definition) is 0. The summed E-state index contributed by atoms with van der Waals surface area (Å²) in [6.07, 6.45) is 7.83. The van der Waals surface area contributed by atoms with E-state index in [0.29, 0.717) is 5.92 Å². The number of benzene rings is 1. The molecule has 0 aromatic heterocycles. The minimum atomic E-state index is -0.317. The van der Waals surface area contributed by atoms with Gasteiger partial charge >= 0.3 is 0 Å². The molecule has 1 nitrogen and oxygen atoms in total. The Labute approximate surface area is 133 Å². The summed E-state index contributed by atoms with van der Waals surface area (Å²) in [6.45, 7) is 6.25. The van der Waals surface area contributed by atoms with Crippen LogP contribution in [0.4, 0.5) is 0 Å². The first-order valence-electron chi connectivity index (χ1n) is 8.33. The molecule has 0 unspecified atom stereocenters. The number of thioether (sulfide) groups is 1. The number of carbonyl (C=O) groups is 1. The third-order valence-corrected chi connectivity index (χ3v) is 5.98. The second-order valence-corrected chi connectivity index (χ2v) is 8.36. The highest BCUT2D eigenvalue weighted by molar-refractivity contribution is 8.01. The SMILES string of the molecule is CCCSC(C)(C)C(=O)c1ccc(C2CCCCC2)cc1. The average Bonchev–Trinajstić information content (AvgIpc) is 2.53. The Bertz CT molecular complexity index is 455. The Hall–Kier alpha value is -0.760. The number of rotatable bonds is 6. The number of carbonyl (C=O) groups excluding carboxylic acids is 1. The molecule has 1 aromatic rings. The number of ketones is 1. The van der Waals surface area contributed by atoms with Crippen LogP contribution in [0.3, 0.4) is 0 Å². The van der Waals surface area contributed by atoms with E-state index in [2.05, 4.69) is 19.1 Å². The van der Waals surface area contributed by atoms with Crippen LogP contribution in [0.2, 0.25) is 0 Å². The van der Waals surface area contributed by atoms with Gasteiger partial charge in [0.05, 0.1) is 4.75 Å². The van der Waals surface area contributed by atoms with Gasteiger partial charge in [-0.2, -0.15) is 0 Å². The van der Waals surface area contributed by atoms with Crippen LogP contribution in [-0.2, 0) is 0 Å². The van der Waals surface area contributed by atoms with Crippen LogP contribution >= 0.6 is 11.8 Å². The van der Waals surface area contributed by atoms with Crippen LogP contribution in [0.5, 0.6) is 0 Å². The van der Waals surface area contributed by atoms with E-state index in [4.69, 9.17) is 0 Å². The molecule has 116 valence electrons. The van der Waals surface area contributed by atoms with Crippen molar-refractivity contribution < 1.29 is 4.79 Å². The van der Waals surface area contributed by atoms with Crippen molar-refractivity contribution in [3.63, 3.8) is 0 Å². The van der Waals surface area contributed by atoms with Gasteiger partial charge in [-0.05, 0) is 50.3 Å². The van der Waals surface area contributed by atoms with Gasteiger partial charge in [0.2, 0.25) is 0 Å². The summed E-state index contributed by atoms with van der Waals surface area (Å²) < 4.78 is -0.317. The summed E-state index contributed by atoms with van der Waals surface area (Å²) in [5, 5.41) is 0. The molecule has 0 spiro atoms. The van der Waals surface area contributed by atoms with Gasteiger partial charge in [0.1, 0.15) is 0 Å². The van der Waals surface area contributed by atoms with Crippen LogP contribution in [-0.4, -0.2) is 16.3 Å². The molecule has 2 rings (SSSR count). The van der Waals surface area contributed by atoms with Crippen LogP contribution < -0.4 is 0 Å². The third kappa shape index (κ3) is 4.35. The highest BCUT2D eigenvalue weighted by Gasteiger charge is 2.28. The molecular formula is C19H28OS. The highest BCUT2D eigenvalue weighted by atomic mass is 32.2. The van der Waals surface area contributed by atoms with Crippen LogP contribution in [0, 0.1) is 0 Å². The van der Waals surface area contributed by atoms with Crippen molar-refractivity contribution >= 4 is 17.5 Å². The fourth-order valence-corrected chi connectivity index (χ4v) is 4.08. The summed E-state index contributed by atoms with van der Waals surface area (Å²) in [5.41, 5.74) is 2.29. The van der Waals surface area contributed by atoms with Gasteiger partial charge in [-0.3, -0.25) is 4.79 Å². The predicted octanol–water partition coefficient (Wildman–Crippen LogP) is 5.84. The van der Waals surface area contributed by atoms with E-state index in [1.807, 2.05) is 26.0 Å². The maximum absolute atomic E-state index is 12.6. The van der Waals surface area contributed by atoms with Gasteiger partial charge in [-0.1, -0.05) is 50.5 Å². The van der Waals surface area contributed by atoms with Crippen molar-refractivity contribution in [2.45, 2.75) is 70.0 Å². The molecule has 1 fully saturated rings. The van der Waals surface area contributed by atoms with Crippen LogP contribution in [0.15, 0.2) is 24.3 Å². The predicted molar refractivity (Wildman–Crippen MR) is 93.4 cm³/mol. The summed E-state index contributed by atoms with van der Waals surface area (Å²) in [5.74, 6) is 2.01. The van der Waals surface area contributed by atoms with Gasteiger partial charge in [-0.25, -0.2) is 0 Å². The molecule has 0 bridgehead atoms. The molecule has 0 saturated heterocycles. The normalized spacial score (nSPS) is 16.9. The Balaban J connectivity index is 2.05. The van der Waals surface area contributed by atoms with Crippen molar-refractivity contribution in [1.82, 2.24) is 0 Å². The zero-order valence-electron chi connectivity index (χ0n) is 13.7. The zero-order chi connectivity index (χ0) is 15.3. The topological polar surface area (TPSA) is 17.1 Å². The minimum absolute atomic E-state index is 0.260. The molecule has 0 amide bonds. The second kappa shape index (κ2) is 7.49. The van der Waals surface area contributed by atoms with E-state index in [1.165, 1.54) is 37.7 Å². The van der Waals surface area contributed by atoms with Crippen molar-refractivity contribution in [2.24, 2.45) is 0 Å². The first kappa shape index (κ1) is 16.6. The number of Topliss-reactive ketones (excluding diaryl/α,β-unsaturated/α-hetero) is 1. The Morgan fingerprint density at radius 3 is 2.33 bits per heavy atom. The van der Waals surface area contributed by atoms with E-state index < -0.39 is 0 Å². The monoisotopic (exact) mass is 304 g/mol. The fraction of sp³-hybridized carbons (Fsp3) is 0.632. The summed E-state index contributed by atoms with van der Waals surface area (Å²) in [7, 11) is 0. The smallest absolute Gasteiger partial charge is 0.178 e. The van der Waals surface area contributed by atoms with E-state index in [1.54, 1.807) is 11.8 Å². The lowest BCUT2D eigenvalue weighted by atomic mass is 9.83. The average molecular weight is 304 g/mol. The van der Waals surface area contributed by atoms with Gasteiger partial charge in [0.25, 0.3) is 0 Å². The van der Waals surface area contributed by atoms with Gasteiger partial charge < -0.3 is 0 Å². The molecule has 0 aliphatic heterocycles. The van der Waals surface area contributed by atoms with E-state index in [9.17, 15) is 4.79 Å². The standard InChI is InChI=1S/C19H28OS/c1-4-14-21-19(2,3)18(20)17-12-10-16(11-13-17)15-8-6-5-7-9-15/h10-13,15H,4-9,14H2,1-3H3. The largest absolute Gasteiger partial charge is 0.293 e. The minimum Gasteiger partial charge on any atom is -0.293 e. The molecule has 1 aromatic carbocycles. The molecule has 1 aliphatic rings. The highest BCUT2D eigenvalue weighted by Crippen LogP contribution is 2.34. The molecular weight excluding hydrogens is 276 g/mol. The lowest BCUT2D eigenvalue weighted by molar-refractivity contribution is 0.0958. The van der Waals surface area contributed by atoms with E-state index >= 15 is 0 Å². The van der Waals surface area contributed by atoms with Crippen molar-refractivity contribution in [3.05, 3.63) is 35.4 Å². The number of hydrogen-bond acceptors (Lipinski definition) is 2. The maximum Gasteiger partial charge on any atom is 0.178 e. The lowest BCUT2D eigenvalue weighted by Crippen LogP contribution is -2.28. The van der Waals surface area contributed by atoms with E-state index in [-0.39, 0.29) is 10.5 Å². The first-order valence-corrected chi connectivity index (χ1v) is 9.32. The summed E-state index contributed by atoms with van der Waals surface area (Å²) in [4.78, 5) is 12.6. The Morgan fingerprint density at radius 1 is 1.14 bits per heavy atom. The molecule has 0 N–H and O–H groups in total. The van der Waals surface area contributed by atoms with Crippen LogP contribution in [0.25, 0.3) is 0 Å². The van der Waals surface area contributed by atoms with Gasteiger partial charge in [-0.15, -0.1) is 11.8 Å². The van der Waals surface area contributed by atoms with Gasteiger partial charge in [0, 0.05) is 5.56 Å². The molecule has 2 heteroatoms. The molecule has 1 aliphatic carbocycles. The van der Waals surface area contributed by atoms with Crippen LogP contribution in [0.1, 0.15) is 81.1 Å². The molecule has 0 atom stereocenters. The third-order valence-electron chi connectivity index (χ3n) is 4.46. The second-order valence-electron chi connectivity index (χ2n) is 6.64. The molecule has 0 radical (unpaired) electrons. The first-order chi connectivity index (χ1) is 10.0. The van der Waals surface area contributed by atoms with Crippen molar-refractivity contribution in [1.29, 1.82) is 0 Å². The molecule has 0 heterocycles. The lowest BCUT2D eigenvalue weighted by Gasteiger charge is -2.24. The van der Waals surface area contributed by atoms with Gasteiger partial charge in [0.15, 0.2) is 5.78 Å².